The number of hydrogen-bond acceptors (Lipinski definition) is 1. The molecule has 0 unspecified atom stereocenters. The Kier molecular flexibility index (Phi) is 3.08. The molecule has 1 amide bonds. The van der Waals surface area contributed by atoms with E-state index in [1.165, 1.54) is 17.0 Å². The molecule has 1 aliphatic rings. The zero-order chi connectivity index (χ0) is 11.5. The summed E-state index contributed by atoms with van der Waals surface area (Å²) in [6, 6.07) is 5.98. The van der Waals surface area contributed by atoms with Gasteiger partial charge in [-0.1, -0.05) is 12.1 Å². The monoisotopic (exact) mass is 223 g/mol. The Hall–Kier alpha value is -1.58. The van der Waals surface area contributed by atoms with Crippen LogP contribution >= 0.6 is 0 Å². The van der Waals surface area contributed by atoms with E-state index < -0.39 is 6.09 Å². The Balaban J connectivity index is 2.23. The van der Waals surface area contributed by atoms with E-state index in [2.05, 4.69) is 0 Å². The minimum absolute atomic E-state index is 0.119. The van der Waals surface area contributed by atoms with Crippen molar-refractivity contribution in [2.24, 2.45) is 0 Å². The molecule has 3 nitrogen and oxygen atoms in total. The van der Waals surface area contributed by atoms with Gasteiger partial charge in [-0.05, 0) is 37.0 Å². The molecule has 0 bridgehead atoms. The van der Waals surface area contributed by atoms with Gasteiger partial charge in [0.1, 0.15) is 5.82 Å². The van der Waals surface area contributed by atoms with Gasteiger partial charge in [0.15, 0.2) is 0 Å². The molecule has 1 aromatic carbocycles. The Morgan fingerprint density at radius 3 is 2.62 bits per heavy atom. The van der Waals surface area contributed by atoms with E-state index in [-0.39, 0.29) is 11.9 Å². The first-order valence-corrected chi connectivity index (χ1v) is 5.43. The number of rotatable bonds is 1. The number of piperidine rings is 1. The lowest BCUT2D eigenvalue weighted by molar-refractivity contribution is 0.106. The van der Waals surface area contributed by atoms with Crippen molar-refractivity contribution in [1.29, 1.82) is 0 Å². The van der Waals surface area contributed by atoms with Gasteiger partial charge >= 0.3 is 6.09 Å². The fraction of sp³-hybridized carbons (Fsp3) is 0.417. The number of carbonyl (C=O) groups is 1. The second kappa shape index (κ2) is 4.51. The van der Waals surface area contributed by atoms with Crippen LogP contribution in [0.5, 0.6) is 0 Å². The van der Waals surface area contributed by atoms with Crippen LogP contribution in [0.1, 0.15) is 30.9 Å². The van der Waals surface area contributed by atoms with Crippen molar-refractivity contribution in [3.05, 3.63) is 35.6 Å². The third kappa shape index (κ3) is 2.15. The molecule has 1 N–H and O–H groups in total. The number of carboxylic acid groups (broad SMARTS) is 1. The SMILES string of the molecule is O=C(O)N1CCCC[C@H]1c1ccc(F)cc1. The first-order chi connectivity index (χ1) is 7.68. The van der Waals surface area contributed by atoms with E-state index >= 15 is 0 Å². The fourth-order valence-corrected chi connectivity index (χ4v) is 2.19. The lowest BCUT2D eigenvalue weighted by atomic mass is 9.96. The molecule has 1 heterocycles. The summed E-state index contributed by atoms with van der Waals surface area (Å²) in [6.45, 7) is 0.567. The van der Waals surface area contributed by atoms with Gasteiger partial charge in [0.25, 0.3) is 0 Å². The lowest BCUT2D eigenvalue weighted by Crippen LogP contribution is -2.37. The first-order valence-electron chi connectivity index (χ1n) is 5.43. The fourth-order valence-electron chi connectivity index (χ4n) is 2.19. The predicted molar refractivity (Wildman–Crippen MR) is 57.7 cm³/mol. The van der Waals surface area contributed by atoms with E-state index in [0.717, 1.165) is 24.8 Å². The van der Waals surface area contributed by atoms with Gasteiger partial charge in [-0.15, -0.1) is 0 Å². The van der Waals surface area contributed by atoms with Crippen LogP contribution in [-0.2, 0) is 0 Å². The predicted octanol–water partition coefficient (Wildman–Crippen LogP) is 3.03. The summed E-state index contributed by atoms with van der Waals surface area (Å²) in [6.07, 6.45) is 1.85. The number of halogens is 1. The minimum atomic E-state index is -0.894. The van der Waals surface area contributed by atoms with Gasteiger partial charge < -0.3 is 10.0 Å². The molecular formula is C12H14FNO2. The Labute approximate surface area is 93.5 Å². The summed E-state index contributed by atoms with van der Waals surface area (Å²) in [7, 11) is 0. The van der Waals surface area contributed by atoms with Crippen molar-refractivity contribution in [1.82, 2.24) is 4.90 Å². The first kappa shape index (κ1) is 10.9. The zero-order valence-electron chi connectivity index (χ0n) is 8.90. The van der Waals surface area contributed by atoms with Gasteiger partial charge in [0.05, 0.1) is 6.04 Å². The maximum atomic E-state index is 12.8. The second-order valence-electron chi connectivity index (χ2n) is 4.04. The van der Waals surface area contributed by atoms with Crippen LogP contribution < -0.4 is 0 Å². The highest BCUT2D eigenvalue weighted by atomic mass is 19.1. The number of nitrogens with zero attached hydrogens (tertiary/aromatic N) is 1. The quantitative estimate of drug-likeness (QED) is 0.795. The van der Waals surface area contributed by atoms with Crippen molar-refractivity contribution in [3.63, 3.8) is 0 Å². The third-order valence-electron chi connectivity index (χ3n) is 3.00. The van der Waals surface area contributed by atoms with Crippen LogP contribution in [0.3, 0.4) is 0 Å². The molecule has 0 radical (unpaired) electrons. The average molecular weight is 223 g/mol. The topological polar surface area (TPSA) is 40.5 Å². The largest absolute Gasteiger partial charge is 0.465 e. The Bertz CT molecular complexity index is 377. The highest BCUT2D eigenvalue weighted by Gasteiger charge is 2.27. The summed E-state index contributed by atoms with van der Waals surface area (Å²) in [5.41, 5.74) is 0.878. The maximum Gasteiger partial charge on any atom is 0.407 e. The summed E-state index contributed by atoms with van der Waals surface area (Å²) in [5.74, 6) is -0.290. The summed E-state index contributed by atoms with van der Waals surface area (Å²) in [4.78, 5) is 12.5. The number of hydrogen-bond donors (Lipinski definition) is 1. The van der Waals surface area contributed by atoms with E-state index in [0.29, 0.717) is 6.54 Å². The minimum Gasteiger partial charge on any atom is -0.465 e. The number of amides is 1. The number of likely N-dealkylation sites (tertiary alicyclic amines) is 1. The highest BCUT2D eigenvalue weighted by Crippen LogP contribution is 2.30. The molecule has 16 heavy (non-hydrogen) atoms. The summed E-state index contributed by atoms with van der Waals surface area (Å²) >= 11 is 0. The van der Waals surface area contributed by atoms with Crippen molar-refractivity contribution in [3.8, 4) is 0 Å². The van der Waals surface area contributed by atoms with Gasteiger partial charge in [0.2, 0.25) is 0 Å². The molecule has 0 aromatic heterocycles. The van der Waals surface area contributed by atoms with Crippen LogP contribution in [0.2, 0.25) is 0 Å². The van der Waals surface area contributed by atoms with Crippen LogP contribution in [-0.4, -0.2) is 22.6 Å². The van der Waals surface area contributed by atoms with E-state index in [9.17, 15) is 9.18 Å². The zero-order valence-corrected chi connectivity index (χ0v) is 8.90. The molecule has 1 aliphatic heterocycles. The standard InChI is InChI=1S/C12H14FNO2/c13-10-6-4-9(5-7-10)11-3-1-2-8-14(11)12(15)16/h4-7,11H,1-3,8H2,(H,15,16)/t11-/m0/s1. The smallest absolute Gasteiger partial charge is 0.407 e. The molecule has 0 saturated carbocycles. The molecule has 2 rings (SSSR count). The Morgan fingerprint density at radius 1 is 1.31 bits per heavy atom. The molecule has 4 heteroatoms. The normalized spacial score (nSPS) is 20.8. The van der Waals surface area contributed by atoms with Crippen molar-refractivity contribution >= 4 is 6.09 Å². The molecule has 0 aliphatic carbocycles. The van der Waals surface area contributed by atoms with Crippen LogP contribution in [0.15, 0.2) is 24.3 Å². The average Bonchev–Trinajstić information content (AvgIpc) is 2.30. The second-order valence-corrected chi connectivity index (χ2v) is 4.04. The van der Waals surface area contributed by atoms with Crippen LogP contribution in [0, 0.1) is 5.82 Å². The highest BCUT2D eigenvalue weighted by molar-refractivity contribution is 5.66. The van der Waals surface area contributed by atoms with E-state index in [1.54, 1.807) is 12.1 Å². The van der Waals surface area contributed by atoms with Gasteiger partial charge in [0, 0.05) is 6.54 Å². The molecule has 1 saturated heterocycles. The van der Waals surface area contributed by atoms with E-state index in [4.69, 9.17) is 5.11 Å². The van der Waals surface area contributed by atoms with Crippen molar-refractivity contribution in [2.75, 3.05) is 6.54 Å². The van der Waals surface area contributed by atoms with Crippen LogP contribution in [0.4, 0.5) is 9.18 Å². The van der Waals surface area contributed by atoms with E-state index in [1.807, 2.05) is 0 Å². The molecule has 0 spiro atoms. The molecular weight excluding hydrogens is 209 g/mol. The Morgan fingerprint density at radius 2 is 2.00 bits per heavy atom. The molecule has 86 valence electrons. The van der Waals surface area contributed by atoms with Gasteiger partial charge in [-0.3, -0.25) is 0 Å². The number of benzene rings is 1. The summed E-state index contributed by atoms with van der Waals surface area (Å²) < 4.78 is 12.8. The van der Waals surface area contributed by atoms with Gasteiger partial charge in [-0.2, -0.15) is 0 Å². The summed E-state index contributed by atoms with van der Waals surface area (Å²) in [5, 5.41) is 9.08. The van der Waals surface area contributed by atoms with Crippen LogP contribution in [0.25, 0.3) is 0 Å². The van der Waals surface area contributed by atoms with Gasteiger partial charge in [-0.25, -0.2) is 9.18 Å². The maximum absolute atomic E-state index is 12.8. The lowest BCUT2D eigenvalue weighted by Gasteiger charge is -2.33. The molecule has 1 atom stereocenters. The van der Waals surface area contributed by atoms with Crippen molar-refractivity contribution in [2.45, 2.75) is 25.3 Å². The molecule has 1 aromatic rings. The van der Waals surface area contributed by atoms with Crippen molar-refractivity contribution < 1.29 is 14.3 Å². The molecule has 1 fully saturated rings. The third-order valence-corrected chi connectivity index (χ3v) is 3.00.